The van der Waals surface area contributed by atoms with Crippen molar-refractivity contribution in [1.29, 1.82) is 0 Å². The second-order valence-corrected chi connectivity index (χ2v) is 8.00. The molecule has 1 aromatic carbocycles. The van der Waals surface area contributed by atoms with E-state index in [1.165, 1.54) is 11.2 Å². The van der Waals surface area contributed by atoms with Crippen molar-refractivity contribution in [3.05, 3.63) is 72.6 Å². The van der Waals surface area contributed by atoms with E-state index in [0.717, 1.165) is 18.4 Å². The molecule has 4 rings (SSSR count). The molecular formula is C23H27N7O2. The summed E-state index contributed by atoms with van der Waals surface area (Å²) in [5, 5.41) is 4.17. The Morgan fingerprint density at radius 3 is 2.72 bits per heavy atom. The molecule has 1 aliphatic rings. The van der Waals surface area contributed by atoms with Gasteiger partial charge in [-0.05, 0) is 43.9 Å². The summed E-state index contributed by atoms with van der Waals surface area (Å²) < 4.78 is 1.57. The zero-order chi connectivity index (χ0) is 22.5. The Bertz CT molecular complexity index is 1060. The maximum absolute atomic E-state index is 13.5. The van der Waals surface area contributed by atoms with Crippen LogP contribution in [-0.4, -0.2) is 60.1 Å². The van der Waals surface area contributed by atoms with Crippen molar-refractivity contribution >= 4 is 11.9 Å². The van der Waals surface area contributed by atoms with Gasteiger partial charge in [-0.2, -0.15) is 5.10 Å². The lowest BCUT2D eigenvalue weighted by molar-refractivity contribution is -0.130. The van der Waals surface area contributed by atoms with Crippen LogP contribution in [-0.2, 0) is 17.8 Å². The Balaban J connectivity index is 1.63. The van der Waals surface area contributed by atoms with Crippen molar-refractivity contribution < 1.29 is 9.59 Å². The molecule has 166 valence electrons. The number of rotatable bonds is 6. The molecule has 9 nitrogen and oxygen atoms in total. The van der Waals surface area contributed by atoms with Crippen LogP contribution in [0.1, 0.15) is 31.0 Å². The van der Waals surface area contributed by atoms with Gasteiger partial charge in [0.1, 0.15) is 12.7 Å². The summed E-state index contributed by atoms with van der Waals surface area (Å²) in [6.07, 6.45) is 6.78. The summed E-state index contributed by atoms with van der Waals surface area (Å²) in [6.45, 7) is 2.62. The summed E-state index contributed by atoms with van der Waals surface area (Å²) in [4.78, 5) is 38.3. The van der Waals surface area contributed by atoms with Crippen LogP contribution >= 0.6 is 0 Å². The van der Waals surface area contributed by atoms with Gasteiger partial charge >= 0.3 is 6.03 Å². The van der Waals surface area contributed by atoms with Crippen LogP contribution < -0.4 is 5.73 Å². The number of pyridine rings is 1. The van der Waals surface area contributed by atoms with Crippen molar-refractivity contribution in [3.8, 4) is 5.69 Å². The number of likely N-dealkylation sites (tertiary alicyclic amines) is 1. The zero-order valence-electron chi connectivity index (χ0n) is 18.0. The van der Waals surface area contributed by atoms with Gasteiger partial charge in [0.15, 0.2) is 0 Å². The maximum Gasteiger partial charge on any atom is 0.327 e. The molecule has 1 saturated heterocycles. The van der Waals surface area contributed by atoms with E-state index < -0.39 is 11.9 Å². The number of nitrogens with zero attached hydrogens (tertiary/aromatic N) is 6. The van der Waals surface area contributed by atoms with Crippen molar-refractivity contribution in [1.82, 2.24) is 29.5 Å². The smallest absolute Gasteiger partial charge is 0.322 e. The molecule has 2 atom stereocenters. The van der Waals surface area contributed by atoms with Crippen LogP contribution in [0.15, 0.2) is 61.3 Å². The minimum absolute atomic E-state index is 0.000586. The first-order valence-corrected chi connectivity index (χ1v) is 10.7. The average Bonchev–Trinajstić information content (AvgIpc) is 3.49. The largest absolute Gasteiger partial charge is 0.327 e. The molecule has 1 aliphatic heterocycles. The number of benzene rings is 1. The zero-order valence-corrected chi connectivity index (χ0v) is 18.0. The van der Waals surface area contributed by atoms with Crippen LogP contribution in [0.3, 0.4) is 0 Å². The lowest BCUT2D eigenvalue weighted by Gasteiger charge is -2.31. The van der Waals surface area contributed by atoms with Crippen LogP contribution in [0.4, 0.5) is 4.79 Å². The SMILES string of the molecule is C[C@@H]1CCCN1C(=O)N(Cc1ncccc1-n1cncn1)C(=O)[C@H](N)Cc1ccccc1. The van der Waals surface area contributed by atoms with E-state index in [1.54, 1.807) is 28.2 Å². The van der Waals surface area contributed by atoms with E-state index >= 15 is 0 Å². The third-order valence-electron chi connectivity index (χ3n) is 5.75. The van der Waals surface area contributed by atoms with E-state index in [4.69, 9.17) is 5.73 Å². The van der Waals surface area contributed by atoms with Crippen LogP contribution in [0.2, 0.25) is 0 Å². The highest BCUT2D eigenvalue weighted by atomic mass is 16.2. The summed E-state index contributed by atoms with van der Waals surface area (Å²) in [5.74, 6) is -0.423. The first kappa shape index (κ1) is 21.6. The standard InChI is InChI=1S/C23H27N7O2/c1-17-7-6-12-28(17)23(32)29(22(31)19(24)13-18-8-3-2-4-9-18)14-20-21(10-5-11-26-20)30-16-25-15-27-30/h2-5,8-11,15-17,19H,6-7,12-14,24H2,1H3/t17-,19-/m1/s1. The highest BCUT2D eigenvalue weighted by Gasteiger charge is 2.35. The lowest BCUT2D eigenvalue weighted by atomic mass is 10.1. The fourth-order valence-corrected chi connectivity index (χ4v) is 4.01. The topological polar surface area (TPSA) is 110 Å². The van der Waals surface area contributed by atoms with E-state index in [1.807, 2.05) is 43.3 Å². The van der Waals surface area contributed by atoms with Crippen molar-refractivity contribution in [2.75, 3.05) is 6.54 Å². The average molecular weight is 434 g/mol. The number of carbonyl (C=O) groups is 2. The maximum atomic E-state index is 13.5. The monoisotopic (exact) mass is 433 g/mol. The second kappa shape index (κ2) is 9.69. The number of urea groups is 1. The molecule has 3 heterocycles. The number of amides is 3. The highest BCUT2D eigenvalue weighted by Crippen LogP contribution is 2.21. The minimum Gasteiger partial charge on any atom is -0.322 e. The number of hydrogen-bond donors (Lipinski definition) is 1. The second-order valence-electron chi connectivity index (χ2n) is 8.00. The summed E-state index contributed by atoms with van der Waals surface area (Å²) in [6, 6.07) is 12.0. The van der Waals surface area contributed by atoms with Crippen molar-refractivity contribution in [3.63, 3.8) is 0 Å². The van der Waals surface area contributed by atoms with Gasteiger partial charge in [0.25, 0.3) is 0 Å². The molecule has 0 aliphatic carbocycles. The van der Waals surface area contributed by atoms with Crippen molar-refractivity contribution in [2.24, 2.45) is 5.73 Å². The van der Waals surface area contributed by atoms with Gasteiger partial charge in [-0.3, -0.25) is 14.7 Å². The number of nitrogens with two attached hydrogens (primary N) is 1. The summed E-state index contributed by atoms with van der Waals surface area (Å²) >= 11 is 0. The van der Waals surface area contributed by atoms with Gasteiger partial charge in [0.05, 0.1) is 24.0 Å². The lowest BCUT2D eigenvalue weighted by Crippen LogP contribution is -2.52. The Hall–Kier alpha value is -3.59. The van der Waals surface area contributed by atoms with E-state index in [0.29, 0.717) is 24.3 Å². The molecule has 0 saturated carbocycles. The number of aromatic nitrogens is 4. The molecule has 3 aromatic rings. The number of imide groups is 1. The third kappa shape index (κ3) is 4.67. The van der Waals surface area contributed by atoms with Gasteiger partial charge in [0.2, 0.25) is 5.91 Å². The highest BCUT2D eigenvalue weighted by molar-refractivity contribution is 5.97. The molecular weight excluding hydrogens is 406 g/mol. The van der Waals surface area contributed by atoms with E-state index in [2.05, 4.69) is 15.1 Å². The first-order valence-electron chi connectivity index (χ1n) is 10.7. The molecule has 3 amide bonds. The molecule has 9 heteroatoms. The normalized spacial score (nSPS) is 16.7. The molecule has 1 fully saturated rings. The molecule has 0 bridgehead atoms. The van der Waals surface area contributed by atoms with E-state index in [9.17, 15) is 9.59 Å². The Morgan fingerprint density at radius 2 is 2.03 bits per heavy atom. The van der Waals surface area contributed by atoms with Gasteiger partial charge in [0, 0.05) is 18.8 Å². The molecule has 0 spiro atoms. The number of carbonyl (C=O) groups excluding carboxylic acids is 2. The molecule has 32 heavy (non-hydrogen) atoms. The minimum atomic E-state index is -0.849. The molecule has 2 aromatic heterocycles. The Morgan fingerprint density at radius 1 is 1.22 bits per heavy atom. The van der Waals surface area contributed by atoms with Crippen LogP contribution in [0.5, 0.6) is 0 Å². The molecule has 0 unspecified atom stereocenters. The quantitative estimate of drug-likeness (QED) is 0.638. The summed E-state index contributed by atoms with van der Waals surface area (Å²) in [5.41, 5.74) is 8.43. The number of hydrogen-bond acceptors (Lipinski definition) is 6. The van der Waals surface area contributed by atoms with Crippen LogP contribution in [0, 0.1) is 0 Å². The van der Waals surface area contributed by atoms with Gasteiger partial charge in [-0.15, -0.1) is 0 Å². The Kier molecular flexibility index (Phi) is 6.55. The third-order valence-corrected chi connectivity index (χ3v) is 5.75. The van der Waals surface area contributed by atoms with Gasteiger partial charge in [-0.1, -0.05) is 30.3 Å². The Labute approximate surface area is 186 Å². The van der Waals surface area contributed by atoms with Crippen molar-refractivity contribution in [2.45, 2.75) is 44.8 Å². The van der Waals surface area contributed by atoms with Crippen LogP contribution in [0.25, 0.3) is 5.69 Å². The fraction of sp³-hybridized carbons (Fsp3) is 0.348. The fourth-order valence-electron chi connectivity index (χ4n) is 4.01. The van der Waals surface area contributed by atoms with Gasteiger partial charge in [-0.25, -0.2) is 14.5 Å². The first-order chi connectivity index (χ1) is 15.5. The molecule has 0 radical (unpaired) electrons. The summed E-state index contributed by atoms with van der Waals surface area (Å²) in [7, 11) is 0. The van der Waals surface area contributed by atoms with E-state index in [-0.39, 0.29) is 18.6 Å². The molecule has 2 N–H and O–H groups in total. The van der Waals surface area contributed by atoms with Gasteiger partial charge < -0.3 is 10.6 Å². The predicted molar refractivity (Wildman–Crippen MR) is 119 cm³/mol. The predicted octanol–water partition coefficient (Wildman–Crippen LogP) is 2.17.